The molecule has 0 aliphatic carbocycles. The number of halogens is 1. The van der Waals surface area contributed by atoms with Gasteiger partial charge in [-0.1, -0.05) is 11.6 Å². The summed E-state index contributed by atoms with van der Waals surface area (Å²) in [7, 11) is -3.84. The average molecular weight is 467 g/mol. The Bertz CT molecular complexity index is 1210. The highest BCUT2D eigenvalue weighted by Gasteiger charge is 2.27. The van der Waals surface area contributed by atoms with Crippen LogP contribution in [0, 0.1) is 13.8 Å². The molecular weight excluding hydrogens is 448 g/mol. The van der Waals surface area contributed by atoms with Gasteiger partial charge in [0.15, 0.2) is 0 Å². The maximum Gasteiger partial charge on any atom is 0.311 e. The first-order valence-corrected chi connectivity index (χ1v) is 11.9. The van der Waals surface area contributed by atoms with Crippen molar-refractivity contribution in [3.8, 4) is 10.8 Å². The highest BCUT2D eigenvalue weighted by molar-refractivity contribution is 7.93. The molecule has 1 aromatic carbocycles. The first kappa shape index (κ1) is 20.8. The topological polar surface area (TPSA) is 105 Å². The smallest absolute Gasteiger partial charge is 0.311 e. The number of hydrogen-bond acceptors (Lipinski definition) is 7. The molecule has 1 saturated heterocycles. The van der Waals surface area contributed by atoms with Gasteiger partial charge in [0.25, 0.3) is 15.9 Å². The number of anilines is 1. The van der Waals surface area contributed by atoms with Gasteiger partial charge in [0.2, 0.25) is 0 Å². The molecule has 3 aromatic rings. The van der Waals surface area contributed by atoms with Crippen LogP contribution < -0.4 is 4.72 Å². The maximum atomic E-state index is 12.9. The van der Waals surface area contributed by atoms with E-state index in [4.69, 9.17) is 16.0 Å². The first-order chi connectivity index (χ1) is 14.2. The summed E-state index contributed by atoms with van der Waals surface area (Å²) in [5.74, 6) is -0.265. The second kappa shape index (κ2) is 8.01. The third-order valence-electron chi connectivity index (χ3n) is 4.81. The van der Waals surface area contributed by atoms with E-state index in [0.29, 0.717) is 39.1 Å². The zero-order chi connectivity index (χ0) is 21.5. The van der Waals surface area contributed by atoms with Crippen molar-refractivity contribution < 1.29 is 17.6 Å². The van der Waals surface area contributed by atoms with Crippen LogP contribution in [0.2, 0.25) is 5.02 Å². The van der Waals surface area contributed by atoms with Crippen molar-refractivity contribution in [3.05, 3.63) is 45.6 Å². The number of aromatic nitrogens is 2. The fraction of sp³-hybridized carbons (Fsp3) is 0.316. The van der Waals surface area contributed by atoms with Crippen LogP contribution in [0.25, 0.3) is 10.8 Å². The van der Waals surface area contributed by atoms with Gasteiger partial charge in [0.05, 0.1) is 10.6 Å². The lowest BCUT2D eigenvalue weighted by molar-refractivity contribution is 0.0754. The van der Waals surface area contributed by atoms with Crippen molar-refractivity contribution in [2.45, 2.75) is 31.6 Å². The Balaban J connectivity index is 1.59. The van der Waals surface area contributed by atoms with E-state index in [1.165, 1.54) is 17.4 Å². The van der Waals surface area contributed by atoms with Crippen molar-refractivity contribution in [2.75, 3.05) is 17.8 Å². The van der Waals surface area contributed by atoms with E-state index in [2.05, 4.69) is 14.9 Å². The highest BCUT2D eigenvalue weighted by Crippen LogP contribution is 2.34. The summed E-state index contributed by atoms with van der Waals surface area (Å²) in [6.45, 7) is 4.82. The zero-order valence-corrected chi connectivity index (χ0v) is 18.7. The van der Waals surface area contributed by atoms with Gasteiger partial charge in [-0.3, -0.25) is 9.52 Å². The number of carbonyl (C=O) groups is 1. The summed E-state index contributed by atoms with van der Waals surface area (Å²) in [5.41, 5.74) is 1.16. The Hall–Kier alpha value is -2.43. The fourth-order valence-electron chi connectivity index (χ4n) is 3.24. The molecule has 11 heteroatoms. The molecule has 30 heavy (non-hydrogen) atoms. The van der Waals surface area contributed by atoms with Gasteiger partial charge in [-0.25, -0.2) is 8.42 Å². The number of rotatable bonds is 5. The molecule has 158 valence electrons. The van der Waals surface area contributed by atoms with Crippen molar-refractivity contribution in [2.24, 2.45) is 0 Å². The number of amides is 1. The predicted octanol–water partition coefficient (Wildman–Crippen LogP) is 4.11. The van der Waals surface area contributed by atoms with Crippen LogP contribution >= 0.6 is 22.9 Å². The van der Waals surface area contributed by atoms with Crippen LogP contribution in [0.4, 0.5) is 5.69 Å². The van der Waals surface area contributed by atoms with E-state index >= 15 is 0 Å². The standard InChI is InChI=1S/C19H19ClN4O4S2/c1-11-9-13(20)5-6-14(11)23-30(26,27)16-10-15(29-12(16)2)17-21-22-18(28-17)19(25)24-7-3-4-8-24/h5-6,9-10,23H,3-4,7-8H2,1-2H3. The number of hydrogen-bond donors (Lipinski definition) is 1. The first-order valence-electron chi connectivity index (χ1n) is 9.27. The van der Waals surface area contributed by atoms with Crippen molar-refractivity contribution >= 4 is 44.6 Å². The molecule has 3 heterocycles. The zero-order valence-electron chi connectivity index (χ0n) is 16.3. The Morgan fingerprint density at radius 1 is 1.20 bits per heavy atom. The van der Waals surface area contributed by atoms with Gasteiger partial charge in [0.1, 0.15) is 4.90 Å². The number of likely N-dealkylation sites (tertiary alicyclic amines) is 1. The van der Waals surface area contributed by atoms with Gasteiger partial charge in [0, 0.05) is 23.0 Å². The SMILES string of the molecule is Cc1cc(Cl)ccc1NS(=O)(=O)c1cc(-c2nnc(C(=O)N3CCCC3)o2)sc1C. The quantitative estimate of drug-likeness (QED) is 0.606. The minimum Gasteiger partial charge on any atom is -0.411 e. The number of thiophene rings is 1. The monoisotopic (exact) mass is 466 g/mol. The molecule has 0 spiro atoms. The molecule has 1 N–H and O–H groups in total. The van der Waals surface area contributed by atoms with E-state index in [1.54, 1.807) is 36.9 Å². The van der Waals surface area contributed by atoms with Gasteiger partial charge in [-0.05, 0) is 56.5 Å². The number of nitrogens with zero attached hydrogens (tertiary/aromatic N) is 3. The molecule has 0 atom stereocenters. The second-order valence-electron chi connectivity index (χ2n) is 7.01. The average Bonchev–Trinajstić information content (AvgIpc) is 3.43. The van der Waals surface area contributed by atoms with Gasteiger partial charge in [-0.2, -0.15) is 0 Å². The Labute approximate surface area is 182 Å². The molecule has 0 saturated carbocycles. The predicted molar refractivity (Wildman–Crippen MR) is 114 cm³/mol. The van der Waals surface area contributed by atoms with E-state index in [0.717, 1.165) is 12.8 Å². The molecule has 4 rings (SSSR count). The van der Waals surface area contributed by atoms with Crippen LogP contribution in [0.1, 0.15) is 34.0 Å². The Morgan fingerprint density at radius 3 is 2.63 bits per heavy atom. The molecular formula is C19H19ClN4O4S2. The van der Waals surface area contributed by atoms with Crippen LogP contribution in [0.15, 0.2) is 33.6 Å². The highest BCUT2D eigenvalue weighted by atomic mass is 35.5. The summed E-state index contributed by atoms with van der Waals surface area (Å²) in [5, 5.41) is 8.31. The lowest BCUT2D eigenvalue weighted by Crippen LogP contribution is -2.27. The molecule has 2 aromatic heterocycles. The molecule has 1 amide bonds. The molecule has 1 aliphatic heterocycles. The summed E-state index contributed by atoms with van der Waals surface area (Å²) >= 11 is 7.15. The summed E-state index contributed by atoms with van der Waals surface area (Å²) < 4.78 is 34.0. The third kappa shape index (κ3) is 4.07. The lowest BCUT2D eigenvalue weighted by atomic mass is 10.2. The van der Waals surface area contributed by atoms with Crippen molar-refractivity contribution in [1.29, 1.82) is 0 Å². The molecule has 0 bridgehead atoms. The number of nitrogens with one attached hydrogen (secondary N) is 1. The summed E-state index contributed by atoms with van der Waals surface area (Å²) in [6, 6.07) is 6.40. The molecule has 1 aliphatic rings. The third-order valence-corrected chi connectivity index (χ3v) is 7.70. The van der Waals surface area contributed by atoms with Gasteiger partial charge >= 0.3 is 11.8 Å². The Morgan fingerprint density at radius 2 is 1.93 bits per heavy atom. The number of aryl methyl sites for hydroxylation is 2. The lowest BCUT2D eigenvalue weighted by Gasteiger charge is -2.11. The Kier molecular flexibility index (Phi) is 5.56. The summed E-state index contributed by atoms with van der Waals surface area (Å²) in [6.07, 6.45) is 1.91. The van der Waals surface area contributed by atoms with Crippen LogP contribution in [0.5, 0.6) is 0 Å². The number of benzene rings is 1. The molecule has 0 radical (unpaired) electrons. The van der Waals surface area contributed by atoms with Crippen molar-refractivity contribution in [3.63, 3.8) is 0 Å². The van der Waals surface area contributed by atoms with E-state index < -0.39 is 10.0 Å². The number of carbonyl (C=O) groups excluding carboxylic acids is 1. The molecule has 8 nitrogen and oxygen atoms in total. The minimum atomic E-state index is -3.84. The van der Waals surface area contributed by atoms with E-state index in [-0.39, 0.29) is 22.6 Å². The fourth-order valence-corrected chi connectivity index (χ4v) is 6.11. The minimum absolute atomic E-state index is 0.0859. The second-order valence-corrected chi connectivity index (χ2v) is 10.4. The molecule has 0 unspecified atom stereocenters. The maximum absolute atomic E-state index is 12.9. The largest absolute Gasteiger partial charge is 0.411 e. The van der Waals surface area contributed by atoms with Crippen molar-refractivity contribution in [1.82, 2.24) is 15.1 Å². The van der Waals surface area contributed by atoms with Crippen LogP contribution in [-0.4, -0.2) is 42.5 Å². The summed E-state index contributed by atoms with van der Waals surface area (Å²) in [4.78, 5) is 15.2. The van der Waals surface area contributed by atoms with Crippen LogP contribution in [-0.2, 0) is 10.0 Å². The van der Waals surface area contributed by atoms with E-state index in [1.807, 2.05) is 0 Å². The number of sulfonamides is 1. The normalized spacial score (nSPS) is 14.3. The molecule has 1 fully saturated rings. The van der Waals surface area contributed by atoms with Gasteiger partial charge < -0.3 is 9.32 Å². The van der Waals surface area contributed by atoms with Gasteiger partial charge in [-0.15, -0.1) is 21.5 Å². The van der Waals surface area contributed by atoms with E-state index in [9.17, 15) is 13.2 Å². The van der Waals surface area contributed by atoms with Crippen LogP contribution in [0.3, 0.4) is 0 Å².